The Labute approximate surface area is 114 Å². The minimum Gasteiger partial charge on any atom is -0.481 e. The van der Waals surface area contributed by atoms with Crippen LogP contribution in [0.25, 0.3) is 0 Å². The summed E-state index contributed by atoms with van der Waals surface area (Å²) in [5.41, 5.74) is -0.364. The van der Waals surface area contributed by atoms with Gasteiger partial charge in [-0.25, -0.2) is 0 Å². The topological polar surface area (TPSA) is 37.3 Å². The molecule has 98 valence electrons. The summed E-state index contributed by atoms with van der Waals surface area (Å²) in [6, 6.07) is 20.1. The van der Waals surface area contributed by atoms with Crippen molar-refractivity contribution in [3.8, 4) is 0 Å². The largest absolute Gasteiger partial charge is 0.481 e. The van der Waals surface area contributed by atoms with Crippen LogP contribution in [0.2, 0.25) is 12.1 Å². The molecule has 0 heterocycles. The van der Waals surface area contributed by atoms with Crippen LogP contribution in [0.1, 0.15) is 6.92 Å². The molecule has 0 aliphatic heterocycles. The molecule has 0 fully saturated rings. The number of carboxylic acids is 1. The highest BCUT2D eigenvalue weighted by atomic mass is 28.3. The van der Waals surface area contributed by atoms with Gasteiger partial charge in [-0.3, -0.25) is 4.79 Å². The van der Waals surface area contributed by atoms with Crippen LogP contribution in [0.3, 0.4) is 0 Å². The summed E-state index contributed by atoms with van der Waals surface area (Å²) >= 11 is 0. The minimum atomic E-state index is -2.27. The molecule has 0 aliphatic carbocycles. The van der Waals surface area contributed by atoms with Crippen molar-refractivity contribution in [3.63, 3.8) is 0 Å². The second-order valence-electron chi connectivity index (χ2n) is 4.99. The van der Waals surface area contributed by atoms with Gasteiger partial charge in [-0.15, -0.1) is 0 Å². The van der Waals surface area contributed by atoms with Crippen molar-refractivity contribution >= 4 is 24.4 Å². The molecule has 0 saturated heterocycles. The molecule has 0 aromatic heterocycles. The summed E-state index contributed by atoms with van der Waals surface area (Å²) in [7, 11) is -2.27. The van der Waals surface area contributed by atoms with Crippen molar-refractivity contribution in [2.24, 2.45) is 0 Å². The standard InChI is InChI=1S/C16H18O2Si/c1-13(16(17)18)19(2,14-9-5-3-6-10-14)15-11-7-4-8-12-15/h3-13H,1-2H3,(H,17,18). The summed E-state index contributed by atoms with van der Waals surface area (Å²) in [5.74, 6) is -0.720. The first-order chi connectivity index (χ1) is 9.06. The SMILES string of the molecule is CC(C(=O)O)[Si](C)(c1ccccc1)c1ccccc1. The van der Waals surface area contributed by atoms with Crippen LogP contribution in [0.15, 0.2) is 60.7 Å². The van der Waals surface area contributed by atoms with Crippen molar-refractivity contribution in [2.75, 3.05) is 0 Å². The molecule has 0 saturated carbocycles. The molecule has 0 aliphatic rings. The van der Waals surface area contributed by atoms with Gasteiger partial charge in [0.1, 0.15) is 8.07 Å². The first kappa shape index (κ1) is 13.6. The van der Waals surface area contributed by atoms with Gasteiger partial charge < -0.3 is 5.11 Å². The monoisotopic (exact) mass is 270 g/mol. The van der Waals surface area contributed by atoms with E-state index < -0.39 is 14.0 Å². The molecular weight excluding hydrogens is 252 g/mol. The number of aliphatic carboxylic acids is 1. The molecule has 0 amide bonds. The maximum Gasteiger partial charge on any atom is 0.304 e. The Kier molecular flexibility index (Phi) is 3.86. The molecule has 1 unspecified atom stereocenters. The van der Waals surface area contributed by atoms with Crippen LogP contribution < -0.4 is 10.4 Å². The average molecular weight is 270 g/mol. The van der Waals surface area contributed by atoms with Gasteiger partial charge in [0.2, 0.25) is 0 Å². The highest BCUT2D eigenvalue weighted by Crippen LogP contribution is 2.21. The molecule has 2 rings (SSSR count). The maximum absolute atomic E-state index is 11.5. The van der Waals surface area contributed by atoms with Gasteiger partial charge in [-0.1, -0.05) is 84.5 Å². The van der Waals surface area contributed by atoms with E-state index in [1.54, 1.807) is 0 Å². The fourth-order valence-corrected chi connectivity index (χ4v) is 6.08. The van der Waals surface area contributed by atoms with Crippen molar-refractivity contribution in [1.82, 2.24) is 0 Å². The first-order valence-corrected chi connectivity index (χ1v) is 8.98. The zero-order valence-corrected chi connectivity index (χ0v) is 12.2. The van der Waals surface area contributed by atoms with Crippen molar-refractivity contribution in [2.45, 2.75) is 19.0 Å². The molecule has 0 spiro atoms. The fraction of sp³-hybridized carbons (Fsp3) is 0.188. The van der Waals surface area contributed by atoms with Crippen molar-refractivity contribution < 1.29 is 9.90 Å². The Morgan fingerprint density at radius 2 is 1.32 bits per heavy atom. The van der Waals surface area contributed by atoms with Crippen molar-refractivity contribution in [3.05, 3.63) is 60.7 Å². The van der Waals surface area contributed by atoms with Crippen LogP contribution in [-0.4, -0.2) is 19.1 Å². The third-order valence-corrected chi connectivity index (χ3v) is 9.03. The molecule has 0 bridgehead atoms. The number of hydrogen-bond donors (Lipinski definition) is 1. The molecule has 1 N–H and O–H groups in total. The second kappa shape index (κ2) is 5.41. The van der Waals surface area contributed by atoms with Crippen LogP contribution in [-0.2, 0) is 4.79 Å². The number of hydrogen-bond acceptors (Lipinski definition) is 1. The Bertz CT molecular complexity index is 512. The van der Waals surface area contributed by atoms with Gasteiger partial charge in [0, 0.05) is 0 Å². The predicted molar refractivity (Wildman–Crippen MR) is 80.8 cm³/mol. The summed E-state index contributed by atoms with van der Waals surface area (Å²) < 4.78 is 0. The molecular formula is C16H18O2Si. The lowest BCUT2D eigenvalue weighted by molar-refractivity contribution is -0.136. The quantitative estimate of drug-likeness (QED) is 0.866. The zero-order chi connectivity index (χ0) is 13.9. The number of rotatable bonds is 4. The third-order valence-electron chi connectivity index (χ3n) is 3.98. The van der Waals surface area contributed by atoms with Gasteiger partial charge in [-0.05, 0) is 0 Å². The molecule has 3 heteroatoms. The Morgan fingerprint density at radius 1 is 0.947 bits per heavy atom. The summed E-state index contributed by atoms with van der Waals surface area (Å²) in [6.45, 7) is 3.96. The van der Waals surface area contributed by atoms with Gasteiger partial charge >= 0.3 is 5.97 Å². The zero-order valence-electron chi connectivity index (χ0n) is 11.2. The highest BCUT2D eigenvalue weighted by Gasteiger charge is 2.41. The Balaban J connectivity index is 2.61. The normalized spacial score (nSPS) is 12.9. The molecule has 2 aromatic carbocycles. The summed E-state index contributed by atoms with van der Waals surface area (Å²) in [6.07, 6.45) is 0. The van der Waals surface area contributed by atoms with Crippen LogP contribution in [0, 0.1) is 0 Å². The van der Waals surface area contributed by atoms with Gasteiger partial charge in [0.25, 0.3) is 0 Å². The van der Waals surface area contributed by atoms with E-state index in [4.69, 9.17) is 0 Å². The molecule has 19 heavy (non-hydrogen) atoms. The van der Waals surface area contributed by atoms with Gasteiger partial charge in [0.15, 0.2) is 0 Å². The minimum absolute atomic E-state index is 0.364. The first-order valence-electron chi connectivity index (χ1n) is 6.40. The molecule has 2 aromatic rings. The molecule has 0 radical (unpaired) electrons. The van der Waals surface area contributed by atoms with E-state index in [0.717, 1.165) is 10.4 Å². The maximum atomic E-state index is 11.5. The van der Waals surface area contributed by atoms with E-state index in [9.17, 15) is 9.90 Å². The number of benzene rings is 2. The Hall–Kier alpha value is -1.87. The van der Waals surface area contributed by atoms with E-state index >= 15 is 0 Å². The summed E-state index contributed by atoms with van der Waals surface area (Å²) in [4.78, 5) is 11.5. The van der Waals surface area contributed by atoms with E-state index in [1.807, 2.05) is 43.3 Å². The number of carbonyl (C=O) groups is 1. The Morgan fingerprint density at radius 3 is 1.63 bits per heavy atom. The lowest BCUT2D eigenvalue weighted by Gasteiger charge is -2.32. The van der Waals surface area contributed by atoms with E-state index in [-0.39, 0.29) is 5.54 Å². The molecule has 1 atom stereocenters. The third kappa shape index (κ3) is 2.47. The van der Waals surface area contributed by atoms with E-state index in [1.165, 1.54) is 0 Å². The highest BCUT2D eigenvalue weighted by molar-refractivity contribution is 7.04. The summed E-state index contributed by atoms with van der Waals surface area (Å²) in [5, 5.41) is 11.8. The lowest BCUT2D eigenvalue weighted by Crippen LogP contribution is -2.60. The smallest absolute Gasteiger partial charge is 0.304 e. The number of carboxylic acid groups (broad SMARTS) is 1. The predicted octanol–water partition coefficient (Wildman–Crippen LogP) is 2.35. The van der Waals surface area contributed by atoms with Gasteiger partial charge in [-0.2, -0.15) is 0 Å². The average Bonchev–Trinajstić information content (AvgIpc) is 2.47. The van der Waals surface area contributed by atoms with Gasteiger partial charge in [0.05, 0.1) is 5.54 Å². The van der Waals surface area contributed by atoms with Crippen LogP contribution >= 0.6 is 0 Å². The lowest BCUT2D eigenvalue weighted by atomic mass is 10.4. The van der Waals surface area contributed by atoms with E-state index in [2.05, 4.69) is 30.8 Å². The second-order valence-corrected chi connectivity index (χ2v) is 9.42. The van der Waals surface area contributed by atoms with Crippen molar-refractivity contribution in [1.29, 1.82) is 0 Å². The fourth-order valence-electron chi connectivity index (χ4n) is 2.48. The van der Waals surface area contributed by atoms with Crippen LogP contribution in [0.5, 0.6) is 0 Å². The van der Waals surface area contributed by atoms with E-state index in [0.29, 0.717) is 0 Å². The van der Waals surface area contributed by atoms with Crippen LogP contribution in [0.4, 0.5) is 0 Å². The molecule has 2 nitrogen and oxygen atoms in total.